The number of carbonyl (C=O) groups excluding carboxylic acids is 1. The molecule has 4 nitrogen and oxygen atoms in total. The van der Waals surface area contributed by atoms with Crippen LogP contribution in [0.2, 0.25) is 0 Å². The molecule has 1 heterocycles. The van der Waals surface area contributed by atoms with E-state index in [-0.39, 0.29) is 11.6 Å². The lowest BCUT2D eigenvalue weighted by atomic mass is 10.3. The van der Waals surface area contributed by atoms with Crippen molar-refractivity contribution in [3.63, 3.8) is 0 Å². The molecular formula is C9H12FN3O. The second-order valence-corrected chi connectivity index (χ2v) is 2.76. The van der Waals surface area contributed by atoms with E-state index in [0.29, 0.717) is 13.0 Å². The summed E-state index contributed by atoms with van der Waals surface area (Å²) in [6.07, 6.45) is 2.81. The van der Waals surface area contributed by atoms with Gasteiger partial charge in [0.1, 0.15) is 0 Å². The normalized spacial score (nSPS) is 9.86. The van der Waals surface area contributed by atoms with E-state index in [9.17, 15) is 9.18 Å². The predicted octanol–water partition coefficient (Wildman–Crippen LogP) is 0.769. The average Bonchev–Trinajstić information content (AvgIpc) is 2.18. The second-order valence-electron chi connectivity index (χ2n) is 2.76. The van der Waals surface area contributed by atoms with Crippen LogP contribution in [0.15, 0.2) is 18.5 Å². The Morgan fingerprint density at radius 3 is 3.07 bits per heavy atom. The largest absolute Gasteiger partial charge is 0.323 e. The first-order chi connectivity index (χ1) is 6.74. The van der Waals surface area contributed by atoms with Gasteiger partial charge in [-0.1, -0.05) is 0 Å². The van der Waals surface area contributed by atoms with Crippen molar-refractivity contribution in [1.82, 2.24) is 10.3 Å². The number of amides is 1. The first kappa shape index (κ1) is 10.6. The zero-order valence-electron chi connectivity index (χ0n) is 7.88. The molecule has 0 saturated carbocycles. The van der Waals surface area contributed by atoms with E-state index in [1.165, 1.54) is 12.3 Å². The maximum Gasteiger partial charge on any atom is 0.225 e. The molecule has 0 atom stereocenters. The first-order valence-electron chi connectivity index (χ1n) is 4.28. The molecule has 0 aliphatic rings. The van der Waals surface area contributed by atoms with Crippen LogP contribution in [-0.4, -0.2) is 24.5 Å². The van der Waals surface area contributed by atoms with E-state index in [1.807, 2.05) is 0 Å². The quantitative estimate of drug-likeness (QED) is 0.749. The summed E-state index contributed by atoms with van der Waals surface area (Å²) in [6.45, 7) is 0.568. The molecule has 76 valence electrons. The lowest BCUT2D eigenvalue weighted by molar-refractivity contribution is -0.116. The molecule has 0 saturated heterocycles. The summed E-state index contributed by atoms with van der Waals surface area (Å²) in [6, 6.07) is 1.42. The Labute approximate surface area is 81.5 Å². The van der Waals surface area contributed by atoms with Gasteiger partial charge in [0.2, 0.25) is 5.91 Å². The van der Waals surface area contributed by atoms with Gasteiger partial charge in [0.05, 0.1) is 11.9 Å². The van der Waals surface area contributed by atoms with E-state index < -0.39 is 5.82 Å². The maximum atomic E-state index is 13.0. The highest BCUT2D eigenvalue weighted by Gasteiger charge is 2.05. The van der Waals surface area contributed by atoms with Gasteiger partial charge in [-0.25, -0.2) is 4.39 Å². The highest BCUT2D eigenvalue weighted by Crippen LogP contribution is 2.10. The maximum absolute atomic E-state index is 13.0. The molecule has 1 rings (SSSR count). The fourth-order valence-corrected chi connectivity index (χ4v) is 0.928. The summed E-state index contributed by atoms with van der Waals surface area (Å²) < 4.78 is 13.0. The van der Waals surface area contributed by atoms with Crippen LogP contribution in [0.3, 0.4) is 0 Å². The summed E-state index contributed by atoms with van der Waals surface area (Å²) in [7, 11) is 1.75. The minimum absolute atomic E-state index is 0.168. The number of anilines is 1. The predicted molar refractivity (Wildman–Crippen MR) is 51.4 cm³/mol. The van der Waals surface area contributed by atoms with Crippen LogP contribution in [0.1, 0.15) is 6.42 Å². The molecule has 0 aliphatic carbocycles. The Morgan fingerprint density at radius 2 is 2.43 bits per heavy atom. The molecule has 1 aromatic rings. The van der Waals surface area contributed by atoms with E-state index >= 15 is 0 Å². The number of halogens is 1. The van der Waals surface area contributed by atoms with Gasteiger partial charge in [0.15, 0.2) is 5.82 Å². The van der Waals surface area contributed by atoms with Crippen molar-refractivity contribution in [2.75, 3.05) is 18.9 Å². The van der Waals surface area contributed by atoms with Crippen molar-refractivity contribution in [3.8, 4) is 0 Å². The fraction of sp³-hybridized carbons (Fsp3) is 0.333. The number of rotatable bonds is 4. The van der Waals surface area contributed by atoms with Gasteiger partial charge < -0.3 is 10.6 Å². The molecule has 1 amide bonds. The van der Waals surface area contributed by atoms with Crippen LogP contribution in [0.4, 0.5) is 10.1 Å². The van der Waals surface area contributed by atoms with Crippen LogP contribution in [0, 0.1) is 5.82 Å². The highest BCUT2D eigenvalue weighted by molar-refractivity contribution is 5.90. The molecule has 14 heavy (non-hydrogen) atoms. The highest BCUT2D eigenvalue weighted by atomic mass is 19.1. The SMILES string of the molecule is CNCCC(=O)Nc1ccncc1F. The number of carbonyl (C=O) groups is 1. The van der Waals surface area contributed by atoms with Crippen molar-refractivity contribution in [2.24, 2.45) is 0 Å². The van der Waals surface area contributed by atoms with Gasteiger partial charge in [-0.3, -0.25) is 9.78 Å². The number of hydrogen-bond acceptors (Lipinski definition) is 3. The molecule has 0 aliphatic heterocycles. The van der Waals surface area contributed by atoms with Crippen molar-refractivity contribution >= 4 is 11.6 Å². The lowest BCUT2D eigenvalue weighted by Gasteiger charge is -2.04. The Bertz CT molecular complexity index is 317. The van der Waals surface area contributed by atoms with Crippen LogP contribution < -0.4 is 10.6 Å². The molecule has 5 heteroatoms. The molecule has 0 aromatic carbocycles. The number of pyridine rings is 1. The Morgan fingerprint density at radius 1 is 1.64 bits per heavy atom. The summed E-state index contributed by atoms with van der Waals surface area (Å²) >= 11 is 0. The monoisotopic (exact) mass is 197 g/mol. The molecule has 0 unspecified atom stereocenters. The topological polar surface area (TPSA) is 54.0 Å². The second kappa shape index (κ2) is 5.29. The van der Waals surface area contributed by atoms with Gasteiger partial charge in [-0.15, -0.1) is 0 Å². The standard InChI is InChI=1S/C9H12FN3O/c1-11-4-3-9(14)13-8-2-5-12-6-7(8)10/h2,5-6,11H,3-4H2,1H3,(H,12,13,14). The minimum Gasteiger partial charge on any atom is -0.323 e. The third-order valence-electron chi connectivity index (χ3n) is 1.65. The van der Waals surface area contributed by atoms with Crippen LogP contribution in [0.5, 0.6) is 0 Å². The molecule has 0 fully saturated rings. The number of nitrogens with one attached hydrogen (secondary N) is 2. The molecule has 1 aromatic heterocycles. The van der Waals surface area contributed by atoms with Crippen LogP contribution >= 0.6 is 0 Å². The third-order valence-corrected chi connectivity index (χ3v) is 1.65. The van der Waals surface area contributed by atoms with E-state index in [2.05, 4.69) is 15.6 Å². The van der Waals surface area contributed by atoms with Crippen molar-refractivity contribution in [2.45, 2.75) is 6.42 Å². The van der Waals surface area contributed by atoms with Gasteiger partial charge in [0.25, 0.3) is 0 Å². The van der Waals surface area contributed by atoms with Gasteiger partial charge in [-0.2, -0.15) is 0 Å². The zero-order valence-corrected chi connectivity index (χ0v) is 7.88. The first-order valence-corrected chi connectivity index (χ1v) is 4.28. The smallest absolute Gasteiger partial charge is 0.225 e. The lowest BCUT2D eigenvalue weighted by Crippen LogP contribution is -2.19. The Hall–Kier alpha value is -1.49. The van der Waals surface area contributed by atoms with Crippen LogP contribution in [-0.2, 0) is 4.79 Å². The van der Waals surface area contributed by atoms with E-state index in [0.717, 1.165) is 6.20 Å². The van der Waals surface area contributed by atoms with Gasteiger partial charge in [-0.05, 0) is 13.1 Å². The number of hydrogen-bond donors (Lipinski definition) is 2. The fourth-order valence-electron chi connectivity index (χ4n) is 0.928. The van der Waals surface area contributed by atoms with Crippen molar-refractivity contribution in [1.29, 1.82) is 0 Å². The molecule has 0 bridgehead atoms. The molecule has 0 radical (unpaired) electrons. The summed E-state index contributed by atoms with van der Waals surface area (Å²) in [4.78, 5) is 14.8. The number of nitrogens with zero attached hydrogens (tertiary/aromatic N) is 1. The molecule has 0 spiro atoms. The van der Waals surface area contributed by atoms with E-state index in [4.69, 9.17) is 0 Å². The Balaban J connectivity index is 2.52. The Kier molecular flexibility index (Phi) is 4.00. The van der Waals surface area contributed by atoms with Crippen molar-refractivity contribution < 1.29 is 9.18 Å². The molecular weight excluding hydrogens is 185 g/mol. The zero-order chi connectivity index (χ0) is 10.4. The van der Waals surface area contributed by atoms with Gasteiger partial charge in [0, 0.05) is 19.2 Å². The minimum atomic E-state index is -0.523. The summed E-state index contributed by atoms with van der Waals surface area (Å²) in [5.74, 6) is -0.741. The van der Waals surface area contributed by atoms with Crippen molar-refractivity contribution in [3.05, 3.63) is 24.3 Å². The third kappa shape index (κ3) is 3.10. The number of aromatic nitrogens is 1. The molecule has 2 N–H and O–H groups in total. The summed E-state index contributed by atoms with van der Waals surface area (Å²) in [5, 5.41) is 5.28. The van der Waals surface area contributed by atoms with Crippen LogP contribution in [0.25, 0.3) is 0 Å². The van der Waals surface area contributed by atoms with E-state index in [1.54, 1.807) is 7.05 Å². The summed E-state index contributed by atoms with van der Waals surface area (Å²) in [5.41, 5.74) is 0.168. The average molecular weight is 197 g/mol. The van der Waals surface area contributed by atoms with Gasteiger partial charge >= 0.3 is 0 Å².